The first-order chi connectivity index (χ1) is 5.78. The van der Waals surface area contributed by atoms with Gasteiger partial charge in [0.25, 0.3) is 0 Å². The summed E-state index contributed by atoms with van der Waals surface area (Å²) in [5.74, 6) is -5.98. The fourth-order valence-corrected chi connectivity index (χ4v) is 0.684. The van der Waals surface area contributed by atoms with Gasteiger partial charge in [-0.1, -0.05) is 0 Å². The summed E-state index contributed by atoms with van der Waals surface area (Å²) in [4.78, 5) is 30.0. The summed E-state index contributed by atoms with van der Waals surface area (Å²) in [6, 6.07) is 0. The van der Waals surface area contributed by atoms with Gasteiger partial charge in [-0.15, -0.1) is 0 Å². The zero-order valence-electron chi connectivity index (χ0n) is 6.64. The topological polar surface area (TPSA) is 141 Å². The minimum atomic E-state index is -2.97. The van der Waals surface area contributed by atoms with Crippen LogP contribution in [0.4, 0.5) is 0 Å². The van der Waals surface area contributed by atoms with Gasteiger partial charge in [0.15, 0.2) is 0 Å². The molecule has 0 amide bonds. The van der Waals surface area contributed by atoms with Crippen molar-refractivity contribution < 1.29 is 51.6 Å². The summed E-state index contributed by atoms with van der Waals surface area (Å²) >= 11 is 0. The van der Waals surface area contributed by atoms with Crippen LogP contribution < -0.4 is 15.3 Å². The van der Waals surface area contributed by atoms with Crippen molar-refractivity contribution in [2.45, 2.75) is 18.4 Å². The van der Waals surface area contributed by atoms with Crippen molar-refractivity contribution in [1.82, 2.24) is 0 Å². The Balaban J connectivity index is 0. The first-order valence-electron chi connectivity index (χ1n) is 3.11. The van der Waals surface area contributed by atoms with Gasteiger partial charge in [0.05, 0.1) is 5.97 Å². The van der Waals surface area contributed by atoms with E-state index in [1.807, 2.05) is 0 Å². The Morgan fingerprint density at radius 3 is 1.43 bits per heavy atom. The van der Waals surface area contributed by atoms with E-state index in [0.29, 0.717) is 0 Å². The van der Waals surface area contributed by atoms with Crippen LogP contribution in [0, 0.1) is 0 Å². The maximum atomic E-state index is 10.1. The summed E-state index contributed by atoms with van der Waals surface area (Å²) in [5.41, 5.74) is -2.97. The van der Waals surface area contributed by atoms with Gasteiger partial charge in [0.2, 0.25) is 0 Å². The third-order valence-electron chi connectivity index (χ3n) is 1.25. The van der Waals surface area contributed by atoms with Crippen molar-refractivity contribution in [3.63, 3.8) is 0 Å². The molecule has 0 heterocycles. The summed E-state index contributed by atoms with van der Waals surface area (Å²) in [6.45, 7) is 0. The number of rotatable bonds is 5. The van der Waals surface area contributed by atoms with Gasteiger partial charge in [-0.25, -0.2) is 0 Å². The summed E-state index contributed by atoms with van der Waals surface area (Å²) in [7, 11) is 0. The van der Waals surface area contributed by atoms with Crippen LogP contribution in [-0.2, 0) is 31.2 Å². The Bertz CT molecular complexity index is 233. The van der Waals surface area contributed by atoms with Crippen molar-refractivity contribution >= 4 is 17.9 Å². The molecule has 0 saturated heterocycles. The average Bonchev–Trinajstić information content (AvgIpc) is 1.82. The smallest absolute Gasteiger partial charge is 0.550 e. The second kappa shape index (κ2) is 5.57. The van der Waals surface area contributed by atoms with Crippen LogP contribution in [0.5, 0.6) is 0 Å². The van der Waals surface area contributed by atoms with Crippen molar-refractivity contribution in [2.75, 3.05) is 0 Å². The molecular weight excluding hydrogens is 243 g/mol. The van der Waals surface area contributed by atoms with Gasteiger partial charge in [0.1, 0.15) is 5.60 Å². The van der Waals surface area contributed by atoms with E-state index >= 15 is 0 Å². The largest absolute Gasteiger partial charge is 2.00 e. The van der Waals surface area contributed by atoms with E-state index in [1.54, 1.807) is 0 Å². The van der Waals surface area contributed by atoms with E-state index in [2.05, 4.69) is 0 Å². The fourth-order valence-electron chi connectivity index (χ4n) is 0.684. The van der Waals surface area contributed by atoms with E-state index in [9.17, 15) is 29.7 Å². The van der Waals surface area contributed by atoms with Crippen molar-refractivity contribution in [2.24, 2.45) is 0 Å². The minimum Gasteiger partial charge on any atom is -0.550 e. The molecule has 0 aromatic carbocycles. The molecule has 0 aromatic heterocycles. The molecule has 0 saturated carbocycles. The van der Waals surface area contributed by atoms with Crippen LogP contribution >= 0.6 is 0 Å². The standard InChI is InChI=1S/C6H8O7.Co/c7-3(8)1-6(13,5(11)12)2-4(9)10;/h13H,1-2H2,(H,7,8)(H,9,10)(H,11,12);/q;+2/p-3. The molecule has 0 aliphatic carbocycles. The Morgan fingerprint density at radius 1 is 1.00 bits per heavy atom. The SMILES string of the molecule is O=C([O-])CC(O)(CC(=O)[O-])C(=O)[O-].[Co+2]. The Kier molecular flexibility index (Phi) is 6.11. The molecule has 7 nitrogen and oxygen atoms in total. The summed E-state index contributed by atoms with van der Waals surface area (Å²) < 4.78 is 0. The number of carbonyl (C=O) groups is 3. The van der Waals surface area contributed by atoms with E-state index in [0.717, 1.165) is 0 Å². The molecule has 0 atom stereocenters. The molecular formula is C6H5CoO7-. The zero-order chi connectivity index (χ0) is 10.6. The number of carboxylic acids is 3. The van der Waals surface area contributed by atoms with Crippen LogP contribution in [-0.4, -0.2) is 28.6 Å². The zero-order valence-corrected chi connectivity index (χ0v) is 7.69. The summed E-state index contributed by atoms with van der Waals surface area (Å²) in [6.07, 6.45) is -2.72. The predicted octanol–water partition coefficient (Wildman–Crippen LogP) is -5.26. The Hall–Kier alpha value is -1.12. The quantitative estimate of drug-likeness (QED) is 0.512. The van der Waals surface area contributed by atoms with Gasteiger partial charge < -0.3 is 34.8 Å². The van der Waals surface area contributed by atoms with Gasteiger partial charge >= 0.3 is 16.8 Å². The molecule has 0 fully saturated rings. The number of carboxylic acid groups (broad SMARTS) is 3. The Morgan fingerprint density at radius 2 is 1.29 bits per heavy atom. The molecule has 0 unspecified atom stereocenters. The van der Waals surface area contributed by atoms with E-state index in [4.69, 9.17) is 5.11 Å². The molecule has 14 heavy (non-hydrogen) atoms. The monoisotopic (exact) mass is 248 g/mol. The fraction of sp³-hybridized carbons (Fsp3) is 0.500. The number of aliphatic hydroxyl groups is 1. The van der Waals surface area contributed by atoms with Gasteiger partial charge in [0, 0.05) is 24.8 Å². The third-order valence-corrected chi connectivity index (χ3v) is 1.25. The average molecular weight is 248 g/mol. The second-order valence-electron chi connectivity index (χ2n) is 2.42. The molecule has 0 spiro atoms. The van der Waals surface area contributed by atoms with E-state index in [-0.39, 0.29) is 16.8 Å². The first-order valence-corrected chi connectivity index (χ1v) is 3.11. The second-order valence-corrected chi connectivity index (χ2v) is 2.42. The van der Waals surface area contributed by atoms with Crippen molar-refractivity contribution in [3.05, 3.63) is 0 Å². The number of hydrogen-bond donors (Lipinski definition) is 1. The predicted molar refractivity (Wildman–Crippen MR) is 29.2 cm³/mol. The van der Waals surface area contributed by atoms with Crippen LogP contribution in [0.1, 0.15) is 12.8 Å². The molecule has 0 aromatic rings. The van der Waals surface area contributed by atoms with Crippen molar-refractivity contribution in [3.8, 4) is 0 Å². The van der Waals surface area contributed by atoms with Gasteiger partial charge in [-0.05, 0) is 0 Å². The van der Waals surface area contributed by atoms with Crippen LogP contribution in [0.25, 0.3) is 0 Å². The molecule has 0 aliphatic heterocycles. The van der Waals surface area contributed by atoms with Gasteiger partial charge in [-0.2, -0.15) is 0 Å². The van der Waals surface area contributed by atoms with Crippen LogP contribution in [0.2, 0.25) is 0 Å². The van der Waals surface area contributed by atoms with E-state index < -0.39 is 36.4 Å². The third kappa shape index (κ3) is 4.79. The molecule has 0 bridgehead atoms. The molecule has 1 N–H and O–H groups in total. The molecule has 81 valence electrons. The molecule has 0 aliphatic rings. The maximum Gasteiger partial charge on any atom is 2.00 e. The minimum absolute atomic E-state index is 0. The molecule has 8 heteroatoms. The molecule has 1 radical (unpaired) electrons. The first kappa shape index (κ1) is 15.4. The number of hydrogen-bond acceptors (Lipinski definition) is 7. The Labute approximate surface area is 88.5 Å². The van der Waals surface area contributed by atoms with Crippen LogP contribution in [0.15, 0.2) is 0 Å². The van der Waals surface area contributed by atoms with Crippen LogP contribution in [0.3, 0.4) is 0 Å². The van der Waals surface area contributed by atoms with E-state index in [1.165, 1.54) is 0 Å². The molecule has 0 rings (SSSR count). The number of aliphatic carboxylic acids is 3. The number of carbonyl (C=O) groups excluding carboxylic acids is 3. The summed E-state index contributed by atoms with van der Waals surface area (Å²) in [5, 5.41) is 38.9. The maximum absolute atomic E-state index is 10.1. The van der Waals surface area contributed by atoms with Crippen molar-refractivity contribution in [1.29, 1.82) is 0 Å². The normalized spacial score (nSPS) is 10.1. The van der Waals surface area contributed by atoms with Gasteiger partial charge in [-0.3, -0.25) is 0 Å².